The van der Waals surface area contributed by atoms with Crippen LogP contribution in [0.5, 0.6) is 11.6 Å². The fraction of sp³-hybridized carbons (Fsp3) is 0.444. The second-order valence-electron chi connectivity index (χ2n) is 2.93. The number of rotatable bonds is 3. The summed E-state index contributed by atoms with van der Waals surface area (Å²) in [6.07, 6.45) is -4.75. The van der Waals surface area contributed by atoms with Gasteiger partial charge in [0.1, 0.15) is 5.75 Å². The van der Waals surface area contributed by atoms with Crippen LogP contribution < -0.4 is 9.47 Å². The van der Waals surface area contributed by atoms with Crippen LogP contribution in [0.4, 0.5) is 13.2 Å². The summed E-state index contributed by atoms with van der Waals surface area (Å²) in [4.78, 5) is 3.90. The van der Waals surface area contributed by atoms with Crippen LogP contribution in [0.2, 0.25) is 0 Å². The molecule has 1 rings (SSSR count). The first-order valence-electron chi connectivity index (χ1n) is 4.23. The lowest BCUT2D eigenvalue weighted by molar-refractivity contribution is -0.274. The lowest BCUT2D eigenvalue weighted by Crippen LogP contribution is -2.18. The van der Waals surface area contributed by atoms with Crippen molar-refractivity contribution in [1.82, 2.24) is 4.98 Å². The summed E-state index contributed by atoms with van der Waals surface area (Å²) in [6, 6.07) is 1.14. The van der Waals surface area contributed by atoms with Crippen molar-refractivity contribution in [1.29, 1.82) is 0 Å². The van der Waals surface area contributed by atoms with Gasteiger partial charge in [0.15, 0.2) is 0 Å². The zero-order valence-electron chi connectivity index (χ0n) is 8.56. The molecule has 0 saturated carbocycles. The van der Waals surface area contributed by atoms with Crippen molar-refractivity contribution in [2.45, 2.75) is 19.2 Å². The smallest absolute Gasteiger partial charge is 0.481 e. The summed E-state index contributed by atoms with van der Waals surface area (Å²) in [7, 11) is 1.31. The molecule has 16 heavy (non-hydrogen) atoms. The number of alkyl halides is 4. The van der Waals surface area contributed by atoms with Crippen LogP contribution in [0.3, 0.4) is 0 Å². The molecule has 0 aliphatic carbocycles. The van der Waals surface area contributed by atoms with E-state index in [1.54, 1.807) is 0 Å². The van der Waals surface area contributed by atoms with E-state index in [4.69, 9.17) is 16.3 Å². The Morgan fingerprint density at radius 3 is 2.50 bits per heavy atom. The van der Waals surface area contributed by atoms with Gasteiger partial charge in [-0.25, -0.2) is 4.98 Å². The van der Waals surface area contributed by atoms with Gasteiger partial charge >= 0.3 is 6.36 Å². The minimum atomic E-state index is -4.75. The maximum atomic E-state index is 12.1. The average molecular weight is 256 g/mol. The average Bonchev–Trinajstić information content (AvgIpc) is 2.19. The van der Waals surface area contributed by atoms with Gasteiger partial charge < -0.3 is 9.47 Å². The van der Waals surface area contributed by atoms with E-state index in [0.717, 1.165) is 6.07 Å². The van der Waals surface area contributed by atoms with Gasteiger partial charge in [-0.3, -0.25) is 0 Å². The lowest BCUT2D eigenvalue weighted by Gasteiger charge is -2.14. The molecule has 1 heterocycles. The number of ether oxygens (including phenoxy) is 2. The second-order valence-corrected chi connectivity index (χ2v) is 3.19. The molecule has 0 atom stereocenters. The van der Waals surface area contributed by atoms with Crippen LogP contribution in [-0.4, -0.2) is 18.5 Å². The summed E-state index contributed by atoms with van der Waals surface area (Å²) in [6.45, 7) is 1.42. The highest BCUT2D eigenvalue weighted by atomic mass is 35.5. The van der Waals surface area contributed by atoms with Gasteiger partial charge in [0, 0.05) is 6.07 Å². The Labute approximate surface area is 95.1 Å². The molecule has 0 unspecified atom stereocenters. The van der Waals surface area contributed by atoms with Crippen molar-refractivity contribution >= 4 is 11.6 Å². The molecule has 90 valence electrons. The Balaban J connectivity index is 3.16. The largest absolute Gasteiger partial charge is 0.573 e. The zero-order valence-corrected chi connectivity index (χ0v) is 9.32. The van der Waals surface area contributed by atoms with E-state index in [-0.39, 0.29) is 28.8 Å². The molecule has 3 nitrogen and oxygen atoms in total. The standard InChI is InChI=1S/C9H9ClF3NO2/c1-5-7(16-9(11,12)13)3-6(4-10)14-8(5)15-2/h3H,4H2,1-2H3. The first kappa shape index (κ1) is 12.9. The number of pyridine rings is 1. The molecular weight excluding hydrogens is 247 g/mol. The SMILES string of the molecule is COc1nc(CCl)cc(OC(F)(F)F)c1C. The van der Waals surface area contributed by atoms with Crippen molar-refractivity contribution in [3.05, 3.63) is 17.3 Å². The Hall–Kier alpha value is -1.17. The van der Waals surface area contributed by atoms with Crippen LogP contribution >= 0.6 is 11.6 Å². The van der Waals surface area contributed by atoms with Crippen LogP contribution in [0.1, 0.15) is 11.3 Å². The molecule has 0 spiro atoms. The van der Waals surface area contributed by atoms with E-state index in [0.29, 0.717) is 0 Å². The molecule has 0 aliphatic heterocycles. The highest BCUT2D eigenvalue weighted by molar-refractivity contribution is 6.16. The molecule has 1 aromatic heterocycles. The Morgan fingerprint density at radius 1 is 1.44 bits per heavy atom. The lowest BCUT2D eigenvalue weighted by atomic mass is 10.2. The monoisotopic (exact) mass is 255 g/mol. The van der Waals surface area contributed by atoms with Gasteiger partial charge in [0.05, 0.1) is 24.2 Å². The summed E-state index contributed by atoms with van der Waals surface area (Å²) >= 11 is 5.50. The number of aromatic nitrogens is 1. The van der Waals surface area contributed by atoms with Gasteiger partial charge in [-0.2, -0.15) is 0 Å². The minimum Gasteiger partial charge on any atom is -0.481 e. The third-order valence-electron chi connectivity index (χ3n) is 1.79. The Kier molecular flexibility index (Phi) is 3.85. The van der Waals surface area contributed by atoms with Crippen molar-refractivity contribution < 1.29 is 22.6 Å². The van der Waals surface area contributed by atoms with E-state index < -0.39 is 6.36 Å². The van der Waals surface area contributed by atoms with Gasteiger partial charge in [0.25, 0.3) is 0 Å². The summed E-state index contributed by atoms with van der Waals surface area (Å²) in [5, 5.41) is 0. The van der Waals surface area contributed by atoms with E-state index in [9.17, 15) is 13.2 Å². The molecule has 0 amide bonds. The molecule has 0 fully saturated rings. The normalized spacial score (nSPS) is 11.4. The third-order valence-corrected chi connectivity index (χ3v) is 2.06. The predicted octanol–water partition coefficient (Wildman–Crippen LogP) is 3.04. The van der Waals surface area contributed by atoms with Gasteiger partial charge in [-0.05, 0) is 6.92 Å². The Morgan fingerprint density at radius 2 is 2.06 bits per heavy atom. The predicted molar refractivity (Wildman–Crippen MR) is 51.8 cm³/mol. The number of hydrogen-bond acceptors (Lipinski definition) is 3. The van der Waals surface area contributed by atoms with Gasteiger partial charge in [0.2, 0.25) is 5.88 Å². The van der Waals surface area contributed by atoms with Crippen molar-refractivity contribution in [3.63, 3.8) is 0 Å². The number of methoxy groups -OCH3 is 1. The number of halogens is 4. The summed E-state index contributed by atoms with van der Waals surface area (Å²) < 4.78 is 44.9. The fourth-order valence-electron chi connectivity index (χ4n) is 1.11. The van der Waals surface area contributed by atoms with E-state index in [2.05, 4.69) is 9.72 Å². The van der Waals surface area contributed by atoms with Gasteiger partial charge in [-0.1, -0.05) is 0 Å². The highest BCUT2D eigenvalue weighted by Gasteiger charge is 2.32. The maximum Gasteiger partial charge on any atom is 0.573 e. The van der Waals surface area contributed by atoms with Crippen LogP contribution in [0, 0.1) is 6.92 Å². The molecule has 1 aromatic rings. The summed E-state index contributed by atoms with van der Waals surface area (Å²) in [5.74, 6) is -0.308. The fourth-order valence-corrected chi connectivity index (χ4v) is 1.25. The van der Waals surface area contributed by atoms with Crippen molar-refractivity contribution in [3.8, 4) is 11.6 Å². The van der Waals surface area contributed by atoms with E-state index >= 15 is 0 Å². The van der Waals surface area contributed by atoms with Crippen molar-refractivity contribution in [2.24, 2.45) is 0 Å². The van der Waals surface area contributed by atoms with Crippen LogP contribution in [0.15, 0.2) is 6.07 Å². The molecule has 0 aromatic carbocycles. The van der Waals surface area contributed by atoms with E-state index in [1.807, 2.05) is 0 Å². The third kappa shape index (κ3) is 3.16. The molecule has 0 N–H and O–H groups in total. The van der Waals surface area contributed by atoms with Crippen LogP contribution in [0.25, 0.3) is 0 Å². The maximum absolute atomic E-state index is 12.1. The quantitative estimate of drug-likeness (QED) is 0.778. The topological polar surface area (TPSA) is 31.4 Å². The number of nitrogens with zero attached hydrogens (tertiary/aromatic N) is 1. The summed E-state index contributed by atoms with van der Waals surface area (Å²) in [5.41, 5.74) is 0.428. The Bertz CT molecular complexity index is 382. The molecular formula is C9H9ClF3NO2. The van der Waals surface area contributed by atoms with Gasteiger partial charge in [-0.15, -0.1) is 24.8 Å². The number of hydrogen-bond donors (Lipinski definition) is 0. The first-order chi connectivity index (χ1) is 7.37. The van der Waals surface area contributed by atoms with Crippen LogP contribution in [-0.2, 0) is 5.88 Å². The van der Waals surface area contributed by atoms with E-state index in [1.165, 1.54) is 14.0 Å². The minimum absolute atomic E-state index is 0.0230. The molecule has 0 saturated heterocycles. The molecule has 0 bridgehead atoms. The highest BCUT2D eigenvalue weighted by Crippen LogP contribution is 2.31. The molecule has 0 radical (unpaired) electrons. The molecule has 0 aliphatic rings. The zero-order chi connectivity index (χ0) is 12.3. The molecule has 7 heteroatoms. The second kappa shape index (κ2) is 4.78. The van der Waals surface area contributed by atoms with Crippen molar-refractivity contribution in [2.75, 3.05) is 7.11 Å². The first-order valence-corrected chi connectivity index (χ1v) is 4.77.